The quantitative estimate of drug-likeness (QED) is 0.792. The molecular weight excluding hydrogens is 334 g/mol. The van der Waals surface area contributed by atoms with E-state index in [1.54, 1.807) is 0 Å². The Morgan fingerprint density at radius 3 is 2.30 bits per heavy atom. The first-order valence-electron chi connectivity index (χ1n) is 9.32. The van der Waals surface area contributed by atoms with Gasteiger partial charge in [0.2, 0.25) is 5.41 Å². The SMILES string of the molecule is CC(C)c1ccc([C@H]2C(C#N)C(=N)C(C#N)(C#N)C3=CC[NH+](C)C[C@@H]32)cc1. The van der Waals surface area contributed by atoms with Crippen molar-refractivity contribution in [3.05, 3.63) is 47.0 Å². The van der Waals surface area contributed by atoms with Crippen molar-refractivity contribution in [1.82, 2.24) is 0 Å². The third kappa shape index (κ3) is 2.84. The zero-order valence-electron chi connectivity index (χ0n) is 16.0. The minimum Gasteiger partial charge on any atom is -0.334 e. The van der Waals surface area contributed by atoms with Gasteiger partial charge < -0.3 is 10.3 Å². The smallest absolute Gasteiger partial charge is 0.203 e. The lowest BCUT2D eigenvalue weighted by molar-refractivity contribution is -0.878. The van der Waals surface area contributed by atoms with Crippen LogP contribution in [0.25, 0.3) is 0 Å². The minimum absolute atomic E-state index is 0.0741. The number of rotatable bonds is 2. The summed E-state index contributed by atoms with van der Waals surface area (Å²) < 4.78 is 0. The van der Waals surface area contributed by atoms with Gasteiger partial charge in [0.15, 0.2) is 0 Å². The van der Waals surface area contributed by atoms with Crippen LogP contribution in [0.4, 0.5) is 0 Å². The van der Waals surface area contributed by atoms with Crippen LogP contribution < -0.4 is 4.90 Å². The summed E-state index contributed by atoms with van der Waals surface area (Å²) in [5.41, 5.74) is 1.26. The molecule has 136 valence electrons. The monoisotopic (exact) mass is 358 g/mol. The van der Waals surface area contributed by atoms with Gasteiger partial charge in [0, 0.05) is 11.8 Å². The summed E-state index contributed by atoms with van der Waals surface area (Å²) in [7, 11) is 2.08. The van der Waals surface area contributed by atoms with E-state index in [0.717, 1.165) is 18.7 Å². The molecule has 1 aliphatic heterocycles. The van der Waals surface area contributed by atoms with Gasteiger partial charge in [-0.2, -0.15) is 15.8 Å². The molecule has 0 aromatic heterocycles. The molecule has 5 heteroatoms. The summed E-state index contributed by atoms with van der Waals surface area (Å²) in [6.07, 6.45) is 1.95. The Labute approximate surface area is 160 Å². The average Bonchev–Trinajstić information content (AvgIpc) is 2.67. The second kappa shape index (κ2) is 6.99. The number of likely N-dealkylation sites (N-methyl/N-ethyl adjacent to an activating group) is 1. The molecule has 1 heterocycles. The van der Waals surface area contributed by atoms with Gasteiger partial charge in [-0.1, -0.05) is 38.1 Å². The van der Waals surface area contributed by atoms with Gasteiger partial charge in [-0.3, -0.25) is 0 Å². The zero-order valence-corrected chi connectivity index (χ0v) is 16.0. The molecule has 0 bridgehead atoms. The lowest BCUT2D eigenvalue weighted by Gasteiger charge is -2.45. The molecule has 2 unspecified atom stereocenters. The number of hydrogen-bond donors (Lipinski definition) is 2. The van der Waals surface area contributed by atoms with E-state index in [1.165, 1.54) is 10.5 Å². The van der Waals surface area contributed by atoms with Crippen LogP contribution in [0, 0.1) is 56.7 Å². The first-order chi connectivity index (χ1) is 12.9. The predicted octanol–water partition coefficient (Wildman–Crippen LogP) is 2.17. The van der Waals surface area contributed by atoms with Crippen molar-refractivity contribution >= 4 is 5.71 Å². The maximum Gasteiger partial charge on any atom is 0.203 e. The lowest BCUT2D eigenvalue weighted by atomic mass is 9.55. The van der Waals surface area contributed by atoms with Gasteiger partial charge >= 0.3 is 0 Å². The zero-order chi connectivity index (χ0) is 19.8. The number of fused-ring (bicyclic) bond motifs is 1. The first kappa shape index (κ1) is 18.8. The van der Waals surface area contributed by atoms with Crippen molar-refractivity contribution in [1.29, 1.82) is 21.2 Å². The third-order valence-corrected chi connectivity index (χ3v) is 6.04. The van der Waals surface area contributed by atoms with E-state index >= 15 is 0 Å². The van der Waals surface area contributed by atoms with E-state index in [2.05, 4.69) is 51.2 Å². The number of benzene rings is 1. The standard InChI is InChI=1S/C22H23N5/c1-14(2)15-4-6-16(7-5-15)20-17(10-23)21(26)22(12-24,13-25)19-8-9-27(3)11-18(19)20/h4-8,14,17-18,20,26H,9,11H2,1-3H3/p+1/t17?,18-,20-/m0/s1. The van der Waals surface area contributed by atoms with Crippen LogP contribution in [-0.2, 0) is 0 Å². The predicted molar refractivity (Wildman–Crippen MR) is 102 cm³/mol. The molecule has 4 atom stereocenters. The Balaban J connectivity index is 2.17. The number of nitriles is 3. The summed E-state index contributed by atoms with van der Waals surface area (Å²) in [6.45, 7) is 5.75. The fraction of sp³-hybridized carbons (Fsp3) is 0.455. The van der Waals surface area contributed by atoms with E-state index < -0.39 is 11.3 Å². The maximum absolute atomic E-state index is 9.88. The average molecular weight is 358 g/mol. The highest BCUT2D eigenvalue weighted by Gasteiger charge is 2.57. The Kier molecular flexibility index (Phi) is 4.88. The Morgan fingerprint density at radius 2 is 1.78 bits per heavy atom. The molecule has 3 rings (SSSR count). The fourth-order valence-corrected chi connectivity index (χ4v) is 4.50. The van der Waals surface area contributed by atoms with Crippen LogP contribution in [0.15, 0.2) is 35.9 Å². The topological polar surface area (TPSA) is 99.7 Å². The molecule has 1 aliphatic carbocycles. The van der Waals surface area contributed by atoms with E-state index in [9.17, 15) is 15.8 Å². The van der Waals surface area contributed by atoms with Crippen LogP contribution in [0.5, 0.6) is 0 Å². The van der Waals surface area contributed by atoms with E-state index in [-0.39, 0.29) is 17.5 Å². The molecule has 1 saturated carbocycles. The summed E-state index contributed by atoms with van der Waals surface area (Å²) in [5, 5.41) is 38.1. The highest BCUT2D eigenvalue weighted by Crippen LogP contribution is 2.51. The number of hydrogen-bond acceptors (Lipinski definition) is 4. The Bertz CT molecular complexity index is 890. The number of nitrogens with one attached hydrogen (secondary N) is 2. The molecule has 1 fully saturated rings. The highest BCUT2D eigenvalue weighted by atomic mass is 15.1. The van der Waals surface area contributed by atoms with E-state index in [0.29, 0.717) is 11.5 Å². The second-order valence-corrected chi connectivity index (χ2v) is 7.97. The van der Waals surface area contributed by atoms with Gasteiger partial charge in [-0.05, 0) is 28.7 Å². The van der Waals surface area contributed by atoms with Crippen LogP contribution in [0.2, 0.25) is 0 Å². The summed E-state index contributed by atoms with van der Waals surface area (Å²) in [5.74, 6) is -0.662. The van der Waals surface area contributed by atoms with Crippen molar-refractivity contribution in [3.63, 3.8) is 0 Å². The molecular formula is C22H24N5+. The van der Waals surface area contributed by atoms with Crippen molar-refractivity contribution in [2.45, 2.75) is 25.7 Å². The first-order valence-corrected chi connectivity index (χ1v) is 9.32. The number of quaternary nitrogens is 1. The van der Waals surface area contributed by atoms with Crippen LogP contribution >= 0.6 is 0 Å². The third-order valence-electron chi connectivity index (χ3n) is 6.04. The fourth-order valence-electron chi connectivity index (χ4n) is 4.50. The van der Waals surface area contributed by atoms with Gasteiger partial charge in [-0.15, -0.1) is 0 Å². The summed E-state index contributed by atoms with van der Waals surface area (Å²) >= 11 is 0. The van der Waals surface area contributed by atoms with Crippen molar-refractivity contribution in [2.75, 3.05) is 20.1 Å². The highest BCUT2D eigenvalue weighted by molar-refractivity contribution is 6.01. The normalized spacial score (nSPS) is 29.1. The molecule has 5 nitrogen and oxygen atoms in total. The Hall–Kier alpha value is -2.94. The summed E-state index contributed by atoms with van der Waals surface area (Å²) in [6, 6.07) is 14.7. The molecule has 2 N–H and O–H groups in total. The van der Waals surface area contributed by atoms with Crippen LogP contribution in [0.3, 0.4) is 0 Å². The van der Waals surface area contributed by atoms with Gasteiger partial charge in [0.1, 0.15) is 0 Å². The maximum atomic E-state index is 9.88. The lowest BCUT2D eigenvalue weighted by Crippen LogP contribution is -3.10. The van der Waals surface area contributed by atoms with Gasteiger partial charge in [0.05, 0.1) is 50.0 Å². The van der Waals surface area contributed by atoms with E-state index in [1.807, 2.05) is 18.2 Å². The minimum atomic E-state index is -1.61. The van der Waals surface area contributed by atoms with Crippen molar-refractivity contribution in [2.24, 2.45) is 17.3 Å². The van der Waals surface area contributed by atoms with Crippen molar-refractivity contribution in [3.8, 4) is 18.2 Å². The number of nitrogens with zero attached hydrogens (tertiary/aromatic N) is 3. The molecule has 0 radical (unpaired) electrons. The molecule has 0 saturated heterocycles. The Morgan fingerprint density at radius 1 is 1.15 bits per heavy atom. The molecule has 27 heavy (non-hydrogen) atoms. The van der Waals surface area contributed by atoms with Crippen LogP contribution in [-0.4, -0.2) is 25.8 Å². The summed E-state index contributed by atoms with van der Waals surface area (Å²) in [4.78, 5) is 1.28. The van der Waals surface area contributed by atoms with Crippen LogP contribution in [0.1, 0.15) is 36.8 Å². The molecule has 1 aromatic rings. The largest absolute Gasteiger partial charge is 0.334 e. The molecule has 2 aliphatic rings. The van der Waals surface area contributed by atoms with Crippen molar-refractivity contribution < 1.29 is 4.90 Å². The molecule has 1 aromatic carbocycles. The molecule has 0 spiro atoms. The van der Waals surface area contributed by atoms with Gasteiger partial charge in [0.25, 0.3) is 0 Å². The van der Waals surface area contributed by atoms with E-state index in [4.69, 9.17) is 5.41 Å². The van der Waals surface area contributed by atoms with Gasteiger partial charge in [-0.25, -0.2) is 0 Å². The molecule has 0 amide bonds. The second-order valence-electron chi connectivity index (χ2n) is 7.97.